The van der Waals surface area contributed by atoms with E-state index in [1.165, 1.54) is 35.4 Å². The number of para-hydroxylation sites is 1. The molecule has 4 aromatic rings. The van der Waals surface area contributed by atoms with E-state index in [1.54, 1.807) is 19.1 Å². The monoisotopic (exact) mass is 439 g/mol. The average molecular weight is 440 g/mol. The maximum atomic E-state index is 12.0. The van der Waals surface area contributed by atoms with E-state index in [0.29, 0.717) is 11.1 Å². The molecular weight excluding hydrogens is 422 g/mol. The lowest BCUT2D eigenvalue weighted by Gasteiger charge is -2.07. The predicted molar refractivity (Wildman–Crippen MR) is 120 cm³/mol. The number of fused-ring (bicyclic) bond motifs is 2. The number of hydrogen-bond donors (Lipinski definition) is 2. The third kappa shape index (κ3) is 4.37. The molecule has 0 atom stereocenters. The molecule has 0 aliphatic heterocycles. The minimum Gasteiger partial charge on any atom is -0.508 e. The molecule has 2 N–H and O–H groups in total. The second kappa shape index (κ2) is 8.68. The van der Waals surface area contributed by atoms with Gasteiger partial charge < -0.3 is 9.52 Å². The van der Waals surface area contributed by atoms with Crippen molar-refractivity contribution in [2.45, 2.75) is 17.7 Å². The van der Waals surface area contributed by atoms with Crippen LogP contribution in [-0.2, 0) is 11.2 Å². The van der Waals surface area contributed by atoms with Crippen molar-refractivity contribution in [1.29, 1.82) is 0 Å². The number of hydrogen-bond acceptors (Lipinski definition) is 8. The molecule has 0 saturated heterocycles. The van der Waals surface area contributed by atoms with Gasteiger partial charge in [-0.1, -0.05) is 23.9 Å². The molecule has 30 heavy (non-hydrogen) atoms. The first-order chi connectivity index (χ1) is 14.5. The fourth-order valence-electron chi connectivity index (χ4n) is 2.95. The zero-order valence-electron chi connectivity index (χ0n) is 15.9. The fourth-order valence-corrected chi connectivity index (χ4v) is 4.81. The highest BCUT2D eigenvalue weighted by molar-refractivity contribution is 8.01. The maximum Gasteiger partial charge on any atom is 0.336 e. The van der Waals surface area contributed by atoms with E-state index in [4.69, 9.17) is 4.42 Å². The number of thioether (sulfide) groups is 1. The number of thiazole rings is 1. The Labute approximate surface area is 179 Å². The van der Waals surface area contributed by atoms with Gasteiger partial charge in [-0.15, -0.1) is 11.3 Å². The largest absolute Gasteiger partial charge is 0.508 e. The highest BCUT2D eigenvalue weighted by Gasteiger charge is 2.11. The lowest BCUT2D eigenvalue weighted by molar-refractivity contribution is -0.118. The number of rotatable bonds is 6. The van der Waals surface area contributed by atoms with Crippen molar-refractivity contribution in [2.24, 2.45) is 5.10 Å². The number of phenols is 1. The molecule has 2 heterocycles. The summed E-state index contributed by atoms with van der Waals surface area (Å²) in [6.07, 6.45) is 1.65. The average Bonchev–Trinajstić information content (AvgIpc) is 3.14. The van der Waals surface area contributed by atoms with Crippen molar-refractivity contribution >= 4 is 56.4 Å². The van der Waals surface area contributed by atoms with Gasteiger partial charge in [-0.2, -0.15) is 5.10 Å². The molecule has 7 nitrogen and oxygen atoms in total. The number of carbonyl (C=O) groups is 1. The summed E-state index contributed by atoms with van der Waals surface area (Å²) in [5.74, 6) is -0.0782. The molecule has 1 amide bonds. The van der Waals surface area contributed by atoms with Gasteiger partial charge in [0.2, 0.25) is 5.91 Å². The summed E-state index contributed by atoms with van der Waals surface area (Å²) < 4.78 is 7.17. The van der Waals surface area contributed by atoms with Crippen LogP contribution in [0.1, 0.15) is 11.1 Å². The smallest absolute Gasteiger partial charge is 0.336 e. The molecular formula is C21H17N3O4S2. The number of aromatic hydroxyl groups is 1. The van der Waals surface area contributed by atoms with Gasteiger partial charge in [0.15, 0.2) is 4.34 Å². The van der Waals surface area contributed by atoms with Gasteiger partial charge >= 0.3 is 5.63 Å². The third-order valence-electron chi connectivity index (χ3n) is 4.37. The minimum atomic E-state index is -0.482. The molecule has 0 fully saturated rings. The van der Waals surface area contributed by atoms with Crippen molar-refractivity contribution in [3.63, 3.8) is 0 Å². The summed E-state index contributed by atoms with van der Waals surface area (Å²) in [6.45, 7) is 1.80. The number of aromatic nitrogens is 1. The van der Waals surface area contributed by atoms with Crippen LogP contribution in [0.5, 0.6) is 5.75 Å². The number of phenolic OH excluding ortho intramolecular Hbond substituents is 1. The van der Waals surface area contributed by atoms with Crippen LogP contribution in [0.2, 0.25) is 0 Å². The number of benzene rings is 2. The second-order valence-corrected chi connectivity index (χ2v) is 8.73. The number of hydrazone groups is 1. The predicted octanol–water partition coefficient (Wildman–Crippen LogP) is 3.85. The zero-order valence-corrected chi connectivity index (χ0v) is 17.5. The van der Waals surface area contributed by atoms with Crippen LogP contribution in [-0.4, -0.2) is 28.0 Å². The van der Waals surface area contributed by atoms with Crippen LogP contribution in [0.4, 0.5) is 0 Å². The summed E-state index contributed by atoms with van der Waals surface area (Å²) in [6, 6.07) is 12.5. The van der Waals surface area contributed by atoms with Crippen LogP contribution in [0.25, 0.3) is 21.2 Å². The summed E-state index contributed by atoms with van der Waals surface area (Å²) in [7, 11) is 0. The van der Waals surface area contributed by atoms with Crippen molar-refractivity contribution < 1.29 is 14.3 Å². The summed E-state index contributed by atoms with van der Waals surface area (Å²) >= 11 is 2.89. The fraction of sp³-hybridized carbons (Fsp3) is 0.143. The molecule has 2 aromatic carbocycles. The van der Waals surface area contributed by atoms with E-state index in [9.17, 15) is 14.7 Å². The molecule has 0 spiro atoms. The second-order valence-electron chi connectivity index (χ2n) is 6.48. The van der Waals surface area contributed by atoms with Crippen LogP contribution >= 0.6 is 23.1 Å². The van der Waals surface area contributed by atoms with Crippen molar-refractivity contribution in [1.82, 2.24) is 10.4 Å². The van der Waals surface area contributed by atoms with Gasteiger partial charge in [-0.25, -0.2) is 15.2 Å². The van der Waals surface area contributed by atoms with Gasteiger partial charge in [0.25, 0.3) is 0 Å². The number of nitrogens with zero attached hydrogens (tertiary/aromatic N) is 2. The lowest BCUT2D eigenvalue weighted by atomic mass is 10.0. The molecule has 152 valence electrons. The molecule has 0 aliphatic carbocycles. The van der Waals surface area contributed by atoms with E-state index in [-0.39, 0.29) is 23.8 Å². The van der Waals surface area contributed by atoms with Crippen molar-refractivity contribution in [3.8, 4) is 5.75 Å². The standard InChI is InChI=1S/C21H17N3O4S2/c1-12-10-19(27)28-20-13(12)6-7-16(25)14(20)8-9-22-24-18(26)11-29-21-23-15-4-2-3-5-17(15)30-21/h2-7,9-10,25H,8,11H2,1H3,(H,24,26)/b22-9+. The Morgan fingerprint density at radius 2 is 2.17 bits per heavy atom. The summed E-state index contributed by atoms with van der Waals surface area (Å²) in [4.78, 5) is 28.2. The molecule has 0 bridgehead atoms. The Hall–Kier alpha value is -3.17. The van der Waals surface area contributed by atoms with E-state index < -0.39 is 5.63 Å². The number of aryl methyl sites for hydroxylation is 1. The molecule has 0 aliphatic rings. The lowest BCUT2D eigenvalue weighted by Crippen LogP contribution is -2.19. The Balaban J connectivity index is 1.37. The first-order valence-electron chi connectivity index (χ1n) is 9.05. The Bertz CT molecular complexity index is 1290. The molecule has 2 aromatic heterocycles. The maximum absolute atomic E-state index is 12.0. The van der Waals surface area contributed by atoms with Crippen molar-refractivity contribution in [3.05, 3.63) is 64.0 Å². The van der Waals surface area contributed by atoms with Gasteiger partial charge in [-0.05, 0) is 36.8 Å². The minimum absolute atomic E-state index is 0.000387. The molecule has 9 heteroatoms. The Morgan fingerprint density at radius 1 is 1.33 bits per heavy atom. The van der Waals surface area contributed by atoms with Gasteiger partial charge in [-0.3, -0.25) is 4.79 Å². The SMILES string of the molecule is Cc1cc(=O)oc2c(C/C=N/NC(=O)CSc3nc4ccccc4s3)c(O)ccc12. The summed E-state index contributed by atoms with van der Waals surface area (Å²) in [5, 5.41) is 14.8. The first kappa shape index (κ1) is 20.1. The van der Waals surface area contributed by atoms with Gasteiger partial charge in [0.05, 0.1) is 16.0 Å². The molecule has 0 radical (unpaired) electrons. The Morgan fingerprint density at radius 3 is 3.00 bits per heavy atom. The van der Waals surface area contributed by atoms with Crippen LogP contribution in [0, 0.1) is 6.92 Å². The van der Waals surface area contributed by atoms with Crippen LogP contribution < -0.4 is 11.1 Å². The van der Waals surface area contributed by atoms with E-state index in [0.717, 1.165) is 25.5 Å². The normalized spacial score (nSPS) is 11.5. The van der Waals surface area contributed by atoms with Crippen molar-refractivity contribution in [2.75, 3.05) is 5.75 Å². The summed E-state index contributed by atoms with van der Waals surface area (Å²) in [5.41, 5.74) is 4.42. The molecule has 4 rings (SSSR count). The van der Waals surface area contributed by atoms with Gasteiger partial charge in [0, 0.05) is 29.7 Å². The van der Waals surface area contributed by atoms with E-state index in [2.05, 4.69) is 15.5 Å². The topological polar surface area (TPSA) is 105 Å². The number of amides is 1. The molecule has 0 saturated carbocycles. The zero-order chi connectivity index (χ0) is 21.1. The number of nitrogens with one attached hydrogen (secondary N) is 1. The van der Waals surface area contributed by atoms with E-state index >= 15 is 0 Å². The van der Waals surface area contributed by atoms with Gasteiger partial charge in [0.1, 0.15) is 11.3 Å². The highest BCUT2D eigenvalue weighted by Crippen LogP contribution is 2.29. The first-order valence-corrected chi connectivity index (χ1v) is 10.9. The van der Waals surface area contributed by atoms with Crippen LogP contribution in [0.3, 0.4) is 0 Å². The number of carbonyl (C=O) groups excluding carboxylic acids is 1. The van der Waals surface area contributed by atoms with Crippen LogP contribution in [0.15, 0.2) is 61.1 Å². The molecule has 0 unspecified atom stereocenters. The van der Waals surface area contributed by atoms with E-state index in [1.807, 2.05) is 24.3 Å². The third-order valence-corrected chi connectivity index (χ3v) is 6.55. The Kier molecular flexibility index (Phi) is 5.82. The highest BCUT2D eigenvalue weighted by atomic mass is 32.2. The quantitative estimate of drug-likeness (QED) is 0.205.